The van der Waals surface area contributed by atoms with Crippen molar-refractivity contribution in [2.24, 2.45) is 5.92 Å². The molecule has 1 aliphatic rings. The van der Waals surface area contributed by atoms with Gasteiger partial charge >= 0.3 is 0 Å². The van der Waals surface area contributed by atoms with Gasteiger partial charge in [0.25, 0.3) is 5.56 Å². The number of aromatic nitrogens is 2. The molecule has 0 bridgehead atoms. The average Bonchev–Trinajstić information content (AvgIpc) is 3.03. The summed E-state index contributed by atoms with van der Waals surface area (Å²) in [7, 11) is 0. The zero-order valence-corrected chi connectivity index (χ0v) is 13.8. The van der Waals surface area contributed by atoms with Gasteiger partial charge in [-0.2, -0.15) is 0 Å². The van der Waals surface area contributed by atoms with Crippen LogP contribution in [0.2, 0.25) is 0 Å². The molecule has 7 heteroatoms. The number of fused-ring (bicyclic) bond motifs is 3. The lowest BCUT2D eigenvalue weighted by Gasteiger charge is -2.22. The Labute approximate surface area is 144 Å². The second kappa shape index (κ2) is 6.68. The van der Waals surface area contributed by atoms with E-state index in [2.05, 4.69) is 15.6 Å². The van der Waals surface area contributed by atoms with Crippen LogP contribution in [0.5, 0.6) is 0 Å². The van der Waals surface area contributed by atoms with Crippen molar-refractivity contribution < 1.29 is 9.21 Å². The second-order valence-electron chi connectivity index (χ2n) is 6.47. The summed E-state index contributed by atoms with van der Waals surface area (Å²) in [6.45, 7) is 2.54. The van der Waals surface area contributed by atoms with E-state index in [9.17, 15) is 9.59 Å². The van der Waals surface area contributed by atoms with Crippen molar-refractivity contribution in [2.45, 2.75) is 19.4 Å². The lowest BCUT2D eigenvalue weighted by atomic mass is 10.00. The van der Waals surface area contributed by atoms with Crippen LogP contribution in [0.4, 0.5) is 0 Å². The summed E-state index contributed by atoms with van der Waals surface area (Å²) >= 11 is 0. The molecule has 0 aliphatic carbocycles. The summed E-state index contributed by atoms with van der Waals surface area (Å²) in [4.78, 5) is 29.1. The number of carbonyl (C=O) groups excluding carboxylic acids is 1. The van der Waals surface area contributed by atoms with E-state index in [1.807, 2.05) is 18.2 Å². The first kappa shape index (κ1) is 15.8. The van der Waals surface area contributed by atoms with E-state index < -0.39 is 0 Å². The van der Waals surface area contributed by atoms with Crippen molar-refractivity contribution in [1.82, 2.24) is 20.2 Å². The van der Waals surface area contributed by atoms with E-state index in [0.29, 0.717) is 23.6 Å². The van der Waals surface area contributed by atoms with Gasteiger partial charge in [-0.25, -0.2) is 4.98 Å². The number of para-hydroxylation sites is 1. The Balaban J connectivity index is 1.51. The lowest BCUT2D eigenvalue weighted by molar-refractivity contribution is -0.121. The molecule has 2 N–H and O–H groups in total. The van der Waals surface area contributed by atoms with Gasteiger partial charge in [0.1, 0.15) is 17.6 Å². The molecule has 1 aliphatic heterocycles. The molecule has 0 spiro atoms. The van der Waals surface area contributed by atoms with Crippen molar-refractivity contribution in [2.75, 3.05) is 19.6 Å². The van der Waals surface area contributed by atoms with Crippen LogP contribution in [0.15, 0.2) is 39.8 Å². The number of amides is 1. The molecule has 3 heterocycles. The SMILES string of the molecule is O=C(Cn1cnc2c(oc3ccccc32)c1=O)NCC1CCCNC1. The molecule has 1 amide bonds. The van der Waals surface area contributed by atoms with E-state index in [1.165, 1.54) is 10.9 Å². The molecular weight excluding hydrogens is 320 g/mol. The molecule has 25 heavy (non-hydrogen) atoms. The maximum Gasteiger partial charge on any atom is 0.297 e. The number of hydrogen-bond donors (Lipinski definition) is 2. The highest BCUT2D eigenvalue weighted by molar-refractivity contribution is 6.01. The minimum absolute atomic E-state index is 0.0566. The minimum Gasteiger partial charge on any atom is -0.448 e. The van der Waals surface area contributed by atoms with Crippen LogP contribution in [0.3, 0.4) is 0 Å². The molecular formula is C18H20N4O3. The summed E-state index contributed by atoms with van der Waals surface area (Å²) in [5.41, 5.74) is 1.00. The maximum atomic E-state index is 12.6. The average molecular weight is 340 g/mol. The van der Waals surface area contributed by atoms with Crippen LogP contribution in [-0.4, -0.2) is 35.1 Å². The summed E-state index contributed by atoms with van der Waals surface area (Å²) < 4.78 is 6.92. The van der Waals surface area contributed by atoms with Crippen molar-refractivity contribution >= 4 is 28.0 Å². The van der Waals surface area contributed by atoms with E-state index in [1.54, 1.807) is 6.07 Å². The third-order valence-electron chi connectivity index (χ3n) is 4.65. The highest BCUT2D eigenvalue weighted by Crippen LogP contribution is 2.23. The molecule has 3 aromatic rings. The van der Waals surface area contributed by atoms with Crippen LogP contribution in [0.25, 0.3) is 22.1 Å². The Kier molecular flexibility index (Phi) is 4.23. The second-order valence-corrected chi connectivity index (χ2v) is 6.47. The number of piperidine rings is 1. The maximum absolute atomic E-state index is 12.6. The lowest BCUT2D eigenvalue weighted by Crippen LogP contribution is -2.40. The number of carbonyl (C=O) groups is 1. The predicted octanol–water partition coefficient (Wildman–Crippen LogP) is 1.26. The molecule has 130 valence electrons. The smallest absolute Gasteiger partial charge is 0.297 e. The van der Waals surface area contributed by atoms with Crippen molar-refractivity contribution in [1.29, 1.82) is 0 Å². The first-order valence-electron chi connectivity index (χ1n) is 8.56. The van der Waals surface area contributed by atoms with Crippen LogP contribution in [0, 0.1) is 5.92 Å². The summed E-state index contributed by atoms with van der Waals surface area (Å²) in [5, 5.41) is 7.03. The fourth-order valence-electron chi connectivity index (χ4n) is 3.29. The van der Waals surface area contributed by atoms with Gasteiger partial charge < -0.3 is 15.1 Å². The van der Waals surface area contributed by atoms with E-state index in [0.717, 1.165) is 31.3 Å². The molecule has 7 nitrogen and oxygen atoms in total. The Hall–Kier alpha value is -2.67. The largest absolute Gasteiger partial charge is 0.448 e. The Morgan fingerprint density at radius 2 is 2.28 bits per heavy atom. The summed E-state index contributed by atoms with van der Waals surface area (Å²) in [6, 6.07) is 7.38. The molecule has 0 radical (unpaired) electrons. The molecule has 1 fully saturated rings. The number of nitrogens with zero attached hydrogens (tertiary/aromatic N) is 2. The normalized spacial score (nSPS) is 17.8. The zero-order chi connectivity index (χ0) is 17.2. The molecule has 2 aromatic heterocycles. The van der Waals surface area contributed by atoms with Gasteiger partial charge in [-0.05, 0) is 44.0 Å². The molecule has 1 aromatic carbocycles. The Morgan fingerprint density at radius 1 is 1.40 bits per heavy atom. The number of hydrogen-bond acceptors (Lipinski definition) is 5. The quantitative estimate of drug-likeness (QED) is 0.746. The van der Waals surface area contributed by atoms with Crippen molar-refractivity contribution in [3.05, 3.63) is 40.9 Å². The summed E-state index contributed by atoms with van der Waals surface area (Å²) in [6.07, 6.45) is 3.65. The number of rotatable bonds is 4. The number of benzene rings is 1. The van der Waals surface area contributed by atoms with Gasteiger partial charge in [0, 0.05) is 11.9 Å². The highest BCUT2D eigenvalue weighted by Gasteiger charge is 2.16. The third-order valence-corrected chi connectivity index (χ3v) is 4.65. The van der Waals surface area contributed by atoms with Gasteiger partial charge in [-0.3, -0.25) is 14.2 Å². The van der Waals surface area contributed by atoms with Gasteiger partial charge in [0.2, 0.25) is 11.5 Å². The van der Waals surface area contributed by atoms with Crippen molar-refractivity contribution in [3.63, 3.8) is 0 Å². The molecule has 4 rings (SSSR count). The third kappa shape index (κ3) is 3.15. The van der Waals surface area contributed by atoms with Gasteiger partial charge in [-0.15, -0.1) is 0 Å². The zero-order valence-electron chi connectivity index (χ0n) is 13.8. The van der Waals surface area contributed by atoms with E-state index >= 15 is 0 Å². The van der Waals surface area contributed by atoms with Crippen LogP contribution >= 0.6 is 0 Å². The standard InChI is InChI=1S/C18H20N4O3/c23-15(20-9-12-4-3-7-19-8-12)10-22-11-21-16-13-5-1-2-6-14(13)25-17(16)18(22)24/h1-2,5-6,11-12,19H,3-4,7-10H2,(H,20,23). The molecule has 1 unspecified atom stereocenters. The fourth-order valence-corrected chi connectivity index (χ4v) is 3.29. The fraction of sp³-hybridized carbons (Fsp3) is 0.389. The van der Waals surface area contributed by atoms with Crippen LogP contribution in [0.1, 0.15) is 12.8 Å². The molecule has 0 saturated carbocycles. The van der Waals surface area contributed by atoms with Gasteiger partial charge in [0.15, 0.2) is 0 Å². The number of furan rings is 1. The first-order valence-corrected chi connectivity index (χ1v) is 8.56. The highest BCUT2D eigenvalue weighted by atomic mass is 16.3. The molecule has 1 saturated heterocycles. The Bertz CT molecular complexity index is 969. The van der Waals surface area contributed by atoms with Crippen LogP contribution in [-0.2, 0) is 11.3 Å². The summed E-state index contributed by atoms with van der Waals surface area (Å²) in [5.74, 6) is 0.260. The predicted molar refractivity (Wildman–Crippen MR) is 94.4 cm³/mol. The van der Waals surface area contributed by atoms with E-state index in [4.69, 9.17) is 4.42 Å². The van der Waals surface area contributed by atoms with Gasteiger partial charge in [-0.1, -0.05) is 12.1 Å². The molecule has 1 atom stereocenters. The monoisotopic (exact) mass is 340 g/mol. The first-order chi connectivity index (χ1) is 12.2. The van der Waals surface area contributed by atoms with Gasteiger partial charge in [0.05, 0.1) is 6.33 Å². The number of nitrogens with one attached hydrogen (secondary N) is 2. The topological polar surface area (TPSA) is 89.2 Å². The van der Waals surface area contributed by atoms with Crippen LogP contribution < -0.4 is 16.2 Å². The van der Waals surface area contributed by atoms with Crippen molar-refractivity contribution in [3.8, 4) is 0 Å². The van der Waals surface area contributed by atoms with E-state index in [-0.39, 0.29) is 23.6 Å². The minimum atomic E-state index is -0.337. The Morgan fingerprint density at radius 3 is 3.12 bits per heavy atom.